The highest BCUT2D eigenvalue weighted by atomic mass is 16.5. The minimum atomic E-state index is 0.0912. The molecule has 2 aromatic carbocycles. The van der Waals surface area contributed by atoms with Crippen LogP contribution in [0.15, 0.2) is 36.4 Å². The Labute approximate surface area is 171 Å². The van der Waals surface area contributed by atoms with E-state index in [0.717, 1.165) is 24.2 Å². The Morgan fingerprint density at radius 2 is 2.03 bits per heavy atom. The monoisotopic (exact) mass is 392 g/mol. The second-order valence-corrected chi connectivity index (χ2v) is 7.72. The highest BCUT2D eigenvalue weighted by molar-refractivity contribution is 5.86. The van der Waals surface area contributed by atoms with Crippen molar-refractivity contribution in [2.75, 3.05) is 13.7 Å². The van der Waals surface area contributed by atoms with Crippen molar-refractivity contribution >= 4 is 16.8 Å². The van der Waals surface area contributed by atoms with Crippen molar-refractivity contribution in [3.05, 3.63) is 58.8 Å². The number of carbonyl (C=O) groups excluding carboxylic acids is 1. The predicted octanol–water partition coefficient (Wildman–Crippen LogP) is 4.10. The summed E-state index contributed by atoms with van der Waals surface area (Å²) in [7, 11) is 1.63. The molecule has 0 spiro atoms. The Morgan fingerprint density at radius 3 is 2.83 bits per heavy atom. The molecule has 3 aromatic rings. The molecule has 29 heavy (non-hydrogen) atoms. The van der Waals surface area contributed by atoms with E-state index >= 15 is 0 Å². The lowest BCUT2D eigenvalue weighted by atomic mass is 10.1. The van der Waals surface area contributed by atoms with Crippen LogP contribution in [0.4, 0.5) is 0 Å². The van der Waals surface area contributed by atoms with Gasteiger partial charge in [-0.25, -0.2) is 0 Å². The summed E-state index contributed by atoms with van der Waals surface area (Å²) in [4.78, 5) is 16.0. The van der Waals surface area contributed by atoms with Gasteiger partial charge in [0.05, 0.1) is 13.7 Å². The van der Waals surface area contributed by atoms with Gasteiger partial charge in [-0.3, -0.25) is 4.79 Å². The van der Waals surface area contributed by atoms with E-state index in [9.17, 15) is 4.79 Å². The molecule has 0 bridgehead atoms. The first-order valence-electron chi connectivity index (χ1n) is 10.3. The summed E-state index contributed by atoms with van der Waals surface area (Å²) in [6, 6.07) is 12.5. The standard InChI is InChI=1S/C24H28N2O3/c1-4-29-22-9-6-16(12-23(22)28-3)7-10-24(27)25-17-13-19-18-11-15(2)5-8-20(18)26-21(19)14-17/h5-6,8-9,11-12,17,26H,4,7,10,13-14H2,1-3H3,(H,25,27). The van der Waals surface area contributed by atoms with E-state index in [1.165, 1.54) is 27.7 Å². The van der Waals surface area contributed by atoms with E-state index in [0.29, 0.717) is 25.2 Å². The molecule has 5 heteroatoms. The molecule has 1 aliphatic rings. The first kappa shape index (κ1) is 19.4. The van der Waals surface area contributed by atoms with E-state index in [1.807, 2.05) is 25.1 Å². The molecule has 0 saturated carbocycles. The smallest absolute Gasteiger partial charge is 0.220 e. The second-order valence-electron chi connectivity index (χ2n) is 7.72. The summed E-state index contributed by atoms with van der Waals surface area (Å²) in [5.41, 5.74) is 6.13. The predicted molar refractivity (Wildman–Crippen MR) is 115 cm³/mol. The highest BCUT2D eigenvalue weighted by Gasteiger charge is 2.26. The van der Waals surface area contributed by atoms with Crippen LogP contribution in [-0.2, 0) is 24.1 Å². The number of amides is 1. The molecular formula is C24H28N2O3. The van der Waals surface area contributed by atoms with E-state index in [2.05, 4.69) is 35.4 Å². The van der Waals surface area contributed by atoms with Crippen molar-refractivity contribution in [1.82, 2.24) is 10.3 Å². The summed E-state index contributed by atoms with van der Waals surface area (Å²) >= 11 is 0. The highest BCUT2D eigenvalue weighted by Crippen LogP contribution is 2.31. The van der Waals surface area contributed by atoms with Gasteiger partial charge in [-0.2, -0.15) is 0 Å². The number of hydrogen-bond acceptors (Lipinski definition) is 3. The number of carbonyl (C=O) groups is 1. The zero-order valence-corrected chi connectivity index (χ0v) is 17.3. The van der Waals surface area contributed by atoms with Crippen molar-refractivity contribution < 1.29 is 14.3 Å². The quantitative estimate of drug-likeness (QED) is 0.636. The zero-order chi connectivity index (χ0) is 20.4. The Hall–Kier alpha value is -2.95. The fourth-order valence-corrected chi connectivity index (χ4v) is 4.19. The van der Waals surface area contributed by atoms with Crippen LogP contribution in [-0.4, -0.2) is 30.6 Å². The molecule has 2 N–H and O–H groups in total. The largest absolute Gasteiger partial charge is 0.493 e. The fourth-order valence-electron chi connectivity index (χ4n) is 4.19. The molecule has 0 saturated heterocycles. The lowest BCUT2D eigenvalue weighted by molar-refractivity contribution is -0.121. The third-order valence-electron chi connectivity index (χ3n) is 5.58. The number of rotatable bonds is 7. The third-order valence-corrected chi connectivity index (χ3v) is 5.58. The van der Waals surface area contributed by atoms with Crippen LogP contribution >= 0.6 is 0 Å². The van der Waals surface area contributed by atoms with Crippen LogP contribution in [0, 0.1) is 6.92 Å². The van der Waals surface area contributed by atoms with Crippen LogP contribution in [0.1, 0.15) is 35.7 Å². The summed E-state index contributed by atoms with van der Waals surface area (Å²) < 4.78 is 10.9. The molecule has 152 valence electrons. The van der Waals surface area contributed by atoms with Gasteiger partial charge in [0.1, 0.15) is 0 Å². The molecule has 0 fully saturated rings. The summed E-state index contributed by atoms with van der Waals surface area (Å²) in [5, 5.41) is 4.50. The summed E-state index contributed by atoms with van der Waals surface area (Å²) in [6.07, 6.45) is 2.89. The van der Waals surface area contributed by atoms with Gasteiger partial charge in [-0.15, -0.1) is 0 Å². The van der Waals surface area contributed by atoms with E-state index < -0.39 is 0 Å². The average molecular weight is 392 g/mol. The van der Waals surface area contributed by atoms with Crippen molar-refractivity contribution in [2.24, 2.45) is 0 Å². The van der Waals surface area contributed by atoms with Gasteiger partial charge in [0, 0.05) is 35.5 Å². The number of aromatic amines is 1. The van der Waals surface area contributed by atoms with Crippen molar-refractivity contribution in [3.8, 4) is 11.5 Å². The zero-order valence-electron chi connectivity index (χ0n) is 17.3. The molecule has 5 nitrogen and oxygen atoms in total. The molecule has 0 aliphatic heterocycles. The van der Waals surface area contributed by atoms with Gasteiger partial charge in [0.2, 0.25) is 5.91 Å². The second kappa shape index (κ2) is 8.19. The number of methoxy groups -OCH3 is 1. The van der Waals surface area contributed by atoms with Gasteiger partial charge in [-0.05, 0) is 62.1 Å². The Balaban J connectivity index is 1.34. The fraction of sp³-hybridized carbons (Fsp3) is 0.375. The molecule has 1 heterocycles. The topological polar surface area (TPSA) is 63.3 Å². The van der Waals surface area contributed by atoms with Crippen LogP contribution in [0.2, 0.25) is 0 Å². The lowest BCUT2D eigenvalue weighted by Crippen LogP contribution is -2.35. The number of H-pyrrole nitrogens is 1. The first-order chi connectivity index (χ1) is 14.1. The van der Waals surface area contributed by atoms with Crippen LogP contribution in [0.25, 0.3) is 10.9 Å². The van der Waals surface area contributed by atoms with Crippen LogP contribution < -0.4 is 14.8 Å². The number of ether oxygens (including phenoxy) is 2. The Morgan fingerprint density at radius 1 is 1.17 bits per heavy atom. The summed E-state index contributed by atoms with van der Waals surface area (Å²) in [5.74, 6) is 1.53. The molecule has 1 aromatic heterocycles. The first-order valence-corrected chi connectivity index (χ1v) is 10.3. The molecule has 1 atom stereocenters. The van der Waals surface area contributed by atoms with E-state index in [4.69, 9.17) is 9.47 Å². The van der Waals surface area contributed by atoms with Crippen molar-refractivity contribution in [2.45, 2.75) is 45.6 Å². The van der Waals surface area contributed by atoms with Gasteiger partial charge in [0.15, 0.2) is 11.5 Å². The molecule has 4 rings (SSSR count). The van der Waals surface area contributed by atoms with Gasteiger partial charge in [0.25, 0.3) is 0 Å². The van der Waals surface area contributed by atoms with E-state index in [-0.39, 0.29) is 11.9 Å². The molecule has 1 amide bonds. The van der Waals surface area contributed by atoms with Gasteiger partial charge < -0.3 is 19.8 Å². The maximum absolute atomic E-state index is 12.5. The van der Waals surface area contributed by atoms with Gasteiger partial charge >= 0.3 is 0 Å². The Bertz CT molecular complexity index is 1040. The normalized spacial score (nSPS) is 15.3. The van der Waals surface area contributed by atoms with Crippen molar-refractivity contribution in [1.29, 1.82) is 0 Å². The molecular weight excluding hydrogens is 364 g/mol. The lowest BCUT2D eigenvalue weighted by Gasteiger charge is -2.13. The van der Waals surface area contributed by atoms with Crippen LogP contribution in [0.5, 0.6) is 11.5 Å². The number of aromatic nitrogens is 1. The van der Waals surface area contributed by atoms with Crippen LogP contribution in [0.3, 0.4) is 0 Å². The minimum Gasteiger partial charge on any atom is -0.493 e. The van der Waals surface area contributed by atoms with Crippen molar-refractivity contribution in [3.63, 3.8) is 0 Å². The number of aryl methyl sites for hydroxylation is 2. The number of benzene rings is 2. The maximum atomic E-state index is 12.5. The molecule has 1 unspecified atom stereocenters. The third kappa shape index (κ3) is 4.09. The number of nitrogens with one attached hydrogen (secondary N) is 2. The van der Waals surface area contributed by atoms with E-state index in [1.54, 1.807) is 7.11 Å². The van der Waals surface area contributed by atoms with Gasteiger partial charge in [-0.1, -0.05) is 17.7 Å². The number of fused-ring (bicyclic) bond motifs is 3. The molecule has 0 radical (unpaired) electrons. The maximum Gasteiger partial charge on any atom is 0.220 e. The SMILES string of the molecule is CCOc1ccc(CCC(=O)NC2Cc3[nH]c4ccc(C)cc4c3C2)cc1OC. The average Bonchev–Trinajstić information content (AvgIpc) is 3.24. The Kier molecular flexibility index (Phi) is 5.47. The molecule has 1 aliphatic carbocycles. The minimum absolute atomic E-state index is 0.0912. The summed E-state index contributed by atoms with van der Waals surface area (Å²) in [6.45, 7) is 4.65. The number of hydrogen-bond donors (Lipinski definition) is 2.